The van der Waals surface area contributed by atoms with Crippen molar-refractivity contribution in [2.75, 3.05) is 7.05 Å². The smallest absolute Gasteiger partial charge is 0.0584 e. The lowest BCUT2D eigenvalue weighted by molar-refractivity contribution is 0.236. The number of nitrogens with zero attached hydrogens (tertiary/aromatic N) is 2. The molecule has 16 heavy (non-hydrogen) atoms. The molecule has 0 radical (unpaired) electrons. The highest BCUT2D eigenvalue weighted by Crippen LogP contribution is 2.12. The summed E-state index contributed by atoms with van der Waals surface area (Å²) in [6, 6.07) is 4.70. The average Bonchev–Trinajstić information content (AvgIpc) is 2.30. The van der Waals surface area contributed by atoms with Gasteiger partial charge < -0.3 is 5.73 Å². The van der Waals surface area contributed by atoms with E-state index in [4.69, 9.17) is 5.73 Å². The molecule has 2 N–H and O–H groups in total. The molecule has 1 atom stereocenters. The van der Waals surface area contributed by atoms with E-state index < -0.39 is 0 Å². The number of pyridine rings is 1. The quantitative estimate of drug-likeness (QED) is 0.800. The Morgan fingerprint density at radius 1 is 1.50 bits per heavy atom. The van der Waals surface area contributed by atoms with Gasteiger partial charge in [-0.15, -0.1) is 0 Å². The normalized spacial score (nSPS) is 13.1. The van der Waals surface area contributed by atoms with Crippen molar-refractivity contribution >= 4 is 0 Å². The Labute approximate surface area is 98.7 Å². The largest absolute Gasteiger partial charge is 0.325 e. The summed E-state index contributed by atoms with van der Waals surface area (Å²) in [4.78, 5) is 6.66. The Bertz CT molecular complexity index is 312. The van der Waals surface area contributed by atoms with Gasteiger partial charge in [-0.05, 0) is 32.0 Å². The molecule has 0 amide bonds. The highest BCUT2D eigenvalue weighted by Gasteiger charge is 2.10. The maximum atomic E-state index is 5.68. The van der Waals surface area contributed by atoms with E-state index in [-0.39, 0.29) is 0 Å². The van der Waals surface area contributed by atoms with Crippen molar-refractivity contribution in [3.8, 4) is 0 Å². The molecule has 0 aliphatic heterocycles. The molecular formula is C13H23N3. The predicted octanol–water partition coefficient (Wildman–Crippen LogP) is 2.16. The van der Waals surface area contributed by atoms with E-state index in [0.717, 1.165) is 12.2 Å². The number of hydrogen-bond acceptors (Lipinski definition) is 3. The van der Waals surface area contributed by atoms with Crippen LogP contribution in [0.4, 0.5) is 0 Å². The van der Waals surface area contributed by atoms with Crippen molar-refractivity contribution in [1.29, 1.82) is 0 Å². The Hall–Kier alpha value is -0.930. The molecule has 0 saturated heterocycles. The van der Waals surface area contributed by atoms with E-state index in [1.54, 1.807) is 6.20 Å². The summed E-state index contributed by atoms with van der Waals surface area (Å²) in [5.41, 5.74) is 7.94. The minimum Gasteiger partial charge on any atom is -0.325 e. The van der Waals surface area contributed by atoms with Crippen LogP contribution < -0.4 is 5.73 Å². The maximum absolute atomic E-state index is 5.68. The van der Waals surface area contributed by atoms with Gasteiger partial charge in [0, 0.05) is 25.3 Å². The Balaban J connectivity index is 2.64. The van der Waals surface area contributed by atoms with Crippen LogP contribution in [0.25, 0.3) is 0 Å². The van der Waals surface area contributed by atoms with Crippen molar-refractivity contribution in [3.05, 3.63) is 29.6 Å². The van der Waals surface area contributed by atoms with Gasteiger partial charge >= 0.3 is 0 Å². The van der Waals surface area contributed by atoms with Crippen LogP contribution in [0.1, 0.15) is 37.9 Å². The molecule has 0 aliphatic rings. The van der Waals surface area contributed by atoms with E-state index in [1.807, 2.05) is 6.07 Å². The Morgan fingerprint density at radius 2 is 2.25 bits per heavy atom. The van der Waals surface area contributed by atoms with Gasteiger partial charge in [-0.2, -0.15) is 0 Å². The molecule has 0 spiro atoms. The van der Waals surface area contributed by atoms with Gasteiger partial charge in [0.25, 0.3) is 0 Å². The molecule has 1 rings (SSSR count). The zero-order chi connectivity index (χ0) is 12.0. The lowest BCUT2D eigenvalue weighted by Crippen LogP contribution is -2.29. The first-order valence-corrected chi connectivity index (χ1v) is 6.02. The fourth-order valence-corrected chi connectivity index (χ4v) is 1.86. The summed E-state index contributed by atoms with van der Waals surface area (Å²) >= 11 is 0. The lowest BCUT2D eigenvalue weighted by atomic mass is 10.1. The van der Waals surface area contributed by atoms with Gasteiger partial charge in [-0.1, -0.05) is 19.4 Å². The number of rotatable bonds is 6. The number of hydrogen-bond donors (Lipinski definition) is 1. The highest BCUT2D eigenvalue weighted by atomic mass is 15.1. The molecule has 90 valence electrons. The molecule has 3 nitrogen and oxygen atoms in total. The summed E-state index contributed by atoms with van der Waals surface area (Å²) in [6.45, 7) is 5.94. The standard InChI is InChI=1S/C13H23N3/c1-4-6-11(2)16(3)10-12-7-5-8-15-13(12)9-14/h5,7-8,11H,4,6,9-10,14H2,1-3H3. The van der Waals surface area contributed by atoms with Gasteiger partial charge in [-0.25, -0.2) is 0 Å². The minimum absolute atomic E-state index is 0.520. The molecule has 0 fully saturated rings. The summed E-state index contributed by atoms with van der Waals surface area (Å²) in [7, 11) is 2.16. The van der Waals surface area contributed by atoms with E-state index in [9.17, 15) is 0 Å². The fraction of sp³-hybridized carbons (Fsp3) is 0.615. The van der Waals surface area contributed by atoms with Crippen molar-refractivity contribution in [2.24, 2.45) is 5.73 Å². The van der Waals surface area contributed by atoms with Gasteiger partial charge in [0.2, 0.25) is 0 Å². The topological polar surface area (TPSA) is 42.2 Å². The molecule has 1 aromatic rings. The van der Waals surface area contributed by atoms with Gasteiger partial charge in [0.15, 0.2) is 0 Å². The van der Waals surface area contributed by atoms with E-state index in [2.05, 4.69) is 36.8 Å². The van der Waals surface area contributed by atoms with Crippen LogP contribution >= 0.6 is 0 Å². The van der Waals surface area contributed by atoms with E-state index in [0.29, 0.717) is 12.6 Å². The molecule has 3 heteroatoms. The third kappa shape index (κ3) is 3.58. The Morgan fingerprint density at radius 3 is 2.88 bits per heavy atom. The monoisotopic (exact) mass is 221 g/mol. The molecule has 0 saturated carbocycles. The van der Waals surface area contributed by atoms with Gasteiger partial charge in [-0.3, -0.25) is 9.88 Å². The predicted molar refractivity (Wildman–Crippen MR) is 68.0 cm³/mol. The zero-order valence-electron chi connectivity index (χ0n) is 10.6. The summed E-state index contributed by atoms with van der Waals surface area (Å²) in [6.07, 6.45) is 4.26. The third-order valence-corrected chi connectivity index (χ3v) is 3.06. The van der Waals surface area contributed by atoms with Crippen LogP contribution in [0.3, 0.4) is 0 Å². The number of aromatic nitrogens is 1. The van der Waals surface area contributed by atoms with Crippen LogP contribution in [0.2, 0.25) is 0 Å². The second kappa shape index (κ2) is 6.61. The molecule has 1 unspecified atom stereocenters. The second-order valence-corrected chi connectivity index (χ2v) is 4.37. The molecular weight excluding hydrogens is 198 g/mol. The lowest BCUT2D eigenvalue weighted by Gasteiger charge is -2.25. The summed E-state index contributed by atoms with van der Waals surface area (Å²) < 4.78 is 0. The van der Waals surface area contributed by atoms with Crippen LogP contribution in [0.5, 0.6) is 0 Å². The van der Waals surface area contributed by atoms with Crippen LogP contribution in [0.15, 0.2) is 18.3 Å². The second-order valence-electron chi connectivity index (χ2n) is 4.37. The summed E-state index contributed by atoms with van der Waals surface area (Å²) in [5.74, 6) is 0. The van der Waals surface area contributed by atoms with E-state index in [1.165, 1.54) is 18.4 Å². The zero-order valence-corrected chi connectivity index (χ0v) is 10.6. The van der Waals surface area contributed by atoms with Crippen LogP contribution in [-0.2, 0) is 13.1 Å². The minimum atomic E-state index is 0.520. The molecule has 0 bridgehead atoms. The molecule has 0 aromatic carbocycles. The van der Waals surface area contributed by atoms with Crippen LogP contribution in [-0.4, -0.2) is 23.0 Å². The van der Waals surface area contributed by atoms with Crippen molar-refractivity contribution in [3.63, 3.8) is 0 Å². The first-order chi connectivity index (χ1) is 7.69. The SMILES string of the molecule is CCCC(C)N(C)Cc1cccnc1CN. The first-order valence-electron chi connectivity index (χ1n) is 6.02. The molecule has 0 aliphatic carbocycles. The van der Waals surface area contributed by atoms with Crippen molar-refractivity contribution in [1.82, 2.24) is 9.88 Å². The van der Waals surface area contributed by atoms with Crippen LogP contribution in [0, 0.1) is 0 Å². The first kappa shape index (κ1) is 13.1. The molecule has 1 aromatic heterocycles. The molecule has 1 heterocycles. The highest BCUT2D eigenvalue weighted by molar-refractivity contribution is 5.19. The third-order valence-electron chi connectivity index (χ3n) is 3.06. The average molecular weight is 221 g/mol. The van der Waals surface area contributed by atoms with E-state index >= 15 is 0 Å². The van der Waals surface area contributed by atoms with Gasteiger partial charge in [0.1, 0.15) is 0 Å². The fourth-order valence-electron chi connectivity index (χ4n) is 1.86. The summed E-state index contributed by atoms with van der Waals surface area (Å²) in [5, 5.41) is 0. The number of nitrogens with two attached hydrogens (primary N) is 1. The van der Waals surface area contributed by atoms with Crippen molar-refractivity contribution < 1.29 is 0 Å². The Kier molecular flexibility index (Phi) is 5.43. The maximum Gasteiger partial charge on any atom is 0.0584 e. The van der Waals surface area contributed by atoms with Gasteiger partial charge in [0.05, 0.1) is 5.69 Å². The van der Waals surface area contributed by atoms with Crippen molar-refractivity contribution in [2.45, 2.75) is 45.8 Å².